The van der Waals surface area contributed by atoms with Crippen LogP contribution in [-0.4, -0.2) is 37.2 Å². The zero-order valence-corrected chi connectivity index (χ0v) is 11.6. The van der Waals surface area contributed by atoms with Gasteiger partial charge in [-0.25, -0.2) is 17.9 Å². The highest BCUT2D eigenvalue weighted by Crippen LogP contribution is 2.25. The van der Waals surface area contributed by atoms with Gasteiger partial charge in [0.2, 0.25) is 10.0 Å². The molecular weight excluding hydrogens is 278 g/mol. The van der Waals surface area contributed by atoms with Crippen LogP contribution in [0, 0.1) is 6.92 Å². The van der Waals surface area contributed by atoms with Gasteiger partial charge in [-0.15, -0.1) is 11.3 Å². The molecule has 0 aliphatic carbocycles. The first kappa shape index (κ1) is 15.1. The Hall–Kier alpha value is -0.960. The minimum Gasteiger partial charge on any atom is -0.477 e. The number of aliphatic hydroxyl groups excluding tert-OH is 1. The van der Waals surface area contributed by atoms with E-state index in [2.05, 4.69) is 4.72 Å². The Kier molecular flexibility index (Phi) is 4.85. The van der Waals surface area contributed by atoms with Crippen LogP contribution < -0.4 is 4.72 Å². The largest absolute Gasteiger partial charge is 0.477 e. The van der Waals surface area contributed by atoms with E-state index in [9.17, 15) is 18.3 Å². The topological polar surface area (TPSA) is 104 Å². The molecular formula is C10H15NO5S2. The van der Waals surface area contributed by atoms with Crippen molar-refractivity contribution >= 4 is 27.3 Å². The van der Waals surface area contributed by atoms with E-state index in [-0.39, 0.29) is 16.3 Å². The van der Waals surface area contributed by atoms with E-state index < -0.39 is 22.1 Å². The molecule has 1 aromatic rings. The van der Waals surface area contributed by atoms with E-state index in [1.165, 1.54) is 0 Å². The number of carboxylic acid groups (broad SMARTS) is 1. The van der Waals surface area contributed by atoms with E-state index in [1.807, 2.05) is 0 Å². The van der Waals surface area contributed by atoms with Crippen LogP contribution >= 0.6 is 11.3 Å². The van der Waals surface area contributed by atoms with Gasteiger partial charge in [0, 0.05) is 11.4 Å². The molecule has 0 bridgehead atoms. The van der Waals surface area contributed by atoms with Crippen LogP contribution in [0.4, 0.5) is 0 Å². The first-order valence-electron chi connectivity index (χ1n) is 5.29. The average Bonchev–Trinajstić information content (AvgIpc) is 2.69. The number of sulfonamides is 1. The van der Waals surface area contributed by atoms with Crippen molar-refractivity contribution in [1.29, 1.82) is 0 Å². The van der Waals surface area contributed by atoms with E-state index in [0.29, 0.717) is 11.3 Å². The lowest BCUT2D eigenvalue weighted by Crippen LogP contribution is -2.31. The van der Waals surface area contributed by atoms with Crippen molar-refractivity contribution in [3.05, 3.63) is 15.8 Å². The summed E-state index contributed by atoms with van der Waals surface area (Å²) in [6.45, 7) is 3.19. The van der Waals surface area contributed by atoms with Crippen LogP contribution in [0.2, 0.25) is 0 Å². The molecule has 1 heterocycles. The summed E-state index contributed by atoms with van der Waals surface area (Å²) in [7, 11) is -3.77. The summed E-state index contributed by atoms with van der Waals surface area (Å²) in [6.07, 6.45) is -0.316. The molecule has 0 aliphatic heterocycles. The van der Waals surface area contributed by atoms with Crippen LogP contribution in [0.3, 0.4) is 0 Å². The molecule has 1 unspecified atom stereocenters. The fraction of sp³-hybridized carbons (Fsp3) is 0.500. The van der Waals surface area contributed by atoms with Crippen LogP contribution in [0.1, 0.15) is 27.9 Å². The van der Waals surface area contributed by atoms with Gasteiger partial charge in [0.25, 0.3) is 0 Å². The summed E-state index contributed by atoms with van der Waals surface area (Å²) in [5, 5.41) is 18.1. The van der Waals surface area contributed by atoms with Gasteiger partial charge in [-0.1, -0.05) is 6.92 Å². The third-order valence-corrected chi connectivity index (χ3v) is 5.07. The second-order valence-corrected chi connectivity index (χ2v) is 6.74. The van der Waals surface area contributed by atoms with Gasteiger partial charge in [0.1, 0.15) is 4.88 Å². The Morgan fingerprint density at radius 2 is 2.17 bits per heavy atom. The number of aryl methyl sites for hydroxylation is 1. The Bertz CT molecular complexity index is 534. The van der Waals surface area contributed by atoms with Crippen molar-refractivity contribution in [3.63, 3.8) is 0 Å². The summed E-state index contributed by atoms with van der Waals surface area (Å²) in [4.78, 5) is 11.1. The molecule has 0 radical (unpaired) electrons. The third-order valence-electron chi connectivity index (χ3n) is 2.35. The maximum Gasteiger partial charge on any atom is 0.345 e. The number of hydrogen-bond donors (Lipinski definition) is 3. The Morgan fingerprint density at radius 3 is 2.61 bits per heavy atom. The minimum atomic E-state index is -3.77. The summed E-state index contributed by atoms with van der Waals surface area (Å²) in [5.74, 6) is -1.15. The highest BCUT2D eigenvalue weighted by atomic mass is 32.2. The van der Waals surface area contributed by atoms with Crippen LogP contribution in [0.15, 0.2) is 11.0 Å². The second kappa shape index (κ2) is 5.79. The van der Waals surface area contributed by atoms with Crippen LogP contribution in [0.5, 0.6) is 0 Å². The van der Waals surface area contributed by atoms with Gasteiger partial charge in [-0.2, -0.15) is 0 Å². The number of aromatic carboxylic acids is 1. The van der Waals surface area contributed by atoms with E-state index >= 15 is 0 Å². The van der Waals surface area contributed by atoms with Crippen LogP contribution in [0.25, 0.3) is 0 Å². The van der Waals surface area contributed by atoms with Crippen molar-refractivity contribution in [2.24, 2.45) is 0 Å². The normalized spacial score (nSPS) is 13.5. The number of thiophene rings is 1. The monoisotopic (exact) mass is 293 g/mol. The lowest BCUT2D eigenvalue weighted by molar-refractivity contribution is 0.0702. The number of aliphatic hydroxyl groups is 1. The molecule has 1 aromatic heterocycles. The van der Waals surface area contributed by atoms with E-state index in [4.69, 9.17) is 5.11 Å². The number of nitrogens with one attached hydrogen (secondary N) is 1. The van der Waals surface area contributed by atoms with Crippen molar-refractivity contribution in [2.45, 2.75) is 31.3 Å². The molecule has 0 aliphatic rings. The predicted octanol–water partition coefficient (Wildman–Crippen LogP) is 0.804. The van der Waals surface area contributed by atoms with Crippen LogP contribution in [-0.2, 0) is 10.0 Å². The lowest BCUT2D eigenvalue weighted by atomic mass is 10.3. The first-order chi connectivity index (χ1) is 8.27. The standard InChI is InChI=1S/C10H15NO5S2/c1-3-7(12)5-11-18(15,16)9-4-8(10(13)14)17-6(9)2/h4,7,11-12H,3,5H2,1-2H3,(H,13,14). The first-order valence-corrected chi connectivity index (χ1v) is 7.59. The number of rotatable bonds is 6. The van der Waals surface area contributed by atoms with E-state index in [1.54, 1.807) is 13.8 Å². The van der Waals surface area contributed by atoms with Crippen molar-refractivity contribution in [2.75, 3.05) is 6.54 Å². The van der Waals surface area contributed by atoms with Crippen molar-refractivity contribution in [1.82, 2.24) is 4.72 Å². The Labute approximate surface area is 109 Å². The second-order valence-electron chi connectivity index (χ2n) is 3.75. The quantitative estimate of drug-likeness (QED) is 0.720. The summed E-state index contributed by atoms with van der Waals surface area (Å²) in [6, 6.07) is 1.13. The maximum atomic E-state index is 11.9. The van der Waals surface area contributed by atoms with Gasteiger partial charge in [-0.3, -0.25) is 0 Å². The molecule has 0 spiro atoms. The van der Waals surface area contributed by atoms with Gasteiger partial charge in [0.15, 0.2) is 0 Å². The maximum absolute atomic E-state index is 11.9. The smallest absolute Gasteiger partial charge is 0.345 e. The zero-order valence-electron chi connectivity index (χ0n) is 10.0. The predicted molar refractivity (Wildman–Crippen MR) is 67.5 cm³/mol. The summed E-state index contributed by atoms with van der Waals surface area (Å²) in [5.41, 5.74) is 0. The Balaban J connectivity index is 2.95. The SMILES string of the molecule is CCC(O)CNS(=O)(=O)c1cc(C(=O)O)sc1C. The van der Waals surface area contributed by atoms with Gasteiger partial charge < -0.3 is 10.2 Å². The van der Waals surface area contributed by atoms with Gasteiger partial charge >= 0.3 is 5.97 Å². The number of carbonyl (C=O) groups is 1. The molecule has 0 saturated heterocycles. The summed E-state index contributed by atoms with van der Waals surface area (Å²) >= 11 is 0.908. The average molecular weight is 293 g/mol. The third kappa shape index (κ3) is 3.52. The van der Waals surface area contributed by atoms with Crippen molar-refractivity contribution in [3.8, 4) is 0 Å². The fourth-order valence-corrected chi connectivity index (χ4v) is 3.77. The molecule has 1 rings (SSSR count). The number of carboxylic acids is 1. The zero-order chi connectivity index (χ0) is 13.9. The molecule has 0 saturated carbocycles. The van der Waals surface area contributed by atoms with Gasteiger partial charge in [-0.05, 0) is 19.4 Å². The summed E-state index contributed by atoms with van der Waals surface area (Å²) < 4.78 is 26.1. The molecule has 0 aromatic carbocycles. The molecule has 0 fully saturated rings. The Morgan fingerprint density at radius 1 is 1.56 bits per heavy atom. The molecule has 0 amide bonds. The molecule has 6 nitrogen and oxygen atoms in total. The number of hydrogen-bond acceptors (Lipinski definition) is 5. The lowest BCUT2D eigenvalue weighted by Gasteiger charge is -2.09. The molecule has 3 N–H and O–H groups in total. The minimum absolute atomic E-state index is 0.0242. The molecule has 102 valence electrons. The highest BCUT2D eigenvalue weighted by molar-refractivity contribution is 7.89. The molecule has 1 atom stereocenters. The molecule has 18 heavy (non-hydrogen) atoms. The fourth-order valence-electron chi connectivity index (χ4n) is 1.27. The highest BCUT2D eigenvalue weighted by Gasteiger charge is 2.22. The van der Waals surface area contributed by atoms with E-state index in [0.717, 1.165) is 17.4 Å². The van der Waals surface area contributed by atoms with Crippen molar-refractivity contribution < 1.29 is 23.4 Å². The van der Waals surface area contributed by atoms with Gasteiger partial charge in [0.05, 0.1) is 11.0 Å². The molecule has 8 heteroatoms.